The third-order valence-electron chi connectivity index (χ3n) is 5.56. The van der Waals surface area contributed by atoms with Crippen LogP contribution in [0.3, 0.4) is 0 Å². The van der Waals surface area contributed by atoms with Gasteiger partial charge < -0.3 is 13.7 Å². The van der Waals surface area contributed by atoms with Crippen molar-refractivity contribution in [3.8, 4) is 11.5 Å². The molecule has 2 aromatic heterocycles. The molecule has 7 nitrogen and oxygen atoms in total. The molecular formula is C22H26N4O3. The molecule has 0 aliphatic carbocycles. The van der Waals surface area contributed by atoms with Gasteiger partial charge in [-0.2, -0.15) is 0 Å². The van der Waals surface area contributed by atoms with Crippen LogP contribution >= 0.6 is 0 Å². The molecule has 3 aromatic rings. The number of piperidine rings is 1. The van der Waals surface area contributed by atoms with Crippen LogP contribution in [0.25, 0.3) is 11.5 Å². The molecule has 4 rings (SSSR count). The molecule has 152 valence electrons. The van der Waals surface area contributed by atoms with Crippen LogP contribution < -0.4 is 0 Å². The fraction of sp³-hybridized carbons (Fsp3) is 0.455. The normalized spacial score (nSPS) is 15.1. The highest BCUT2D eigenvalue weighted by Gasteiger charge is 2.28. The minimum absolute atomic E-state index is 0.0782. The van der Waals surface area contributed by atoms with Crippen molar-refractivity contribution in [2.75, 3.05) is 13.1 Å². The first-order chi connectivity index (χ1) is 14.0. The van der Waals surface area contributed by atoms with Crippen molar-refractivity contribution in [2.45, 2.75) is 52.4 Å². The minimum Gasteiger partial charge on any atom is -0.441 e. The summed E-state index contributed by atoms with van der Waals surface area (Å²) in [4.78, 5) is 19.3. The lowest BCUT2D eigenvalue weighted by Gasteiger charge is -2.30. The molecule has 0 N–H and O–H groups in total. The van der Waals surface area contributed by atoms with Crippen molar-refractivity contribution in [1.82, 2.24) is 20.1 Å². The van der Waals surface area contributed by atoms with E-state index < -0.39 is 0 Å². The van der Waals surface area contributed by atoms with Gasteiger partial charge in [0.2, 0.25) is 23.6 Å². The largest absolute Gasteiger partial charge is 0.441 e. The molecule has 7 heteroatoms. The number of amides is 1. The average molecular weight is 394 g/mol. The summed E-state index contributed by atoms with van der Waals surface area (Å²) < 4.78 is 11.4. The monoisotopic (exact) mass is 394 g/mol. The molecule has 1 saturated heterocycles. The minimum atomic E-state index is 0.0782. The van der Waals surface area contributed by atoms with Crippen molar-refractivity contribution in [1.29, 1.82) is 0 Å². The zero-order chi connectivity index (χ0) is 20.4. The molecule has 29 heavy (non-hydrogen) atoms. The highest BCUT2D eigenvalue weighted by molar-refractivity contribution is 5.78. The molecule has 1 amide bonds. The molecule has 1 aromatic carbocycles. The zero-order valence-electron chi connectivity index (χ0n) is 17.1. The standard InChI is InChI=1S/C22H26N4O3/c1-4-16-5-7-17(8-6-16)21-23-19(14(2)28-21)13-20(27)26-11-9-18(10-12-26)22-25-24-15(3)29-22/h5-8,18H,4,9-13H2,1-3H3. The Morgan fingerprint density at radius 3 is 2.45 bits per heavy atom. The predicted molar refractivity (Wildman–Crippen MR) is 107 cm³/mol. The van der Waals surface area contributed by atoms with Crippen molar-refractivity contribution >= 4 is 5.91 Å². The third-order valence-corrected chi connectivity index (χ3v) is 5.56. The summed E-state index contributed by atoms with van der Waals surface area (Å²) in [6, 6.07) is 8.18. The summed E-state index contributed by atoms with van der Waals surface area (Å²) in [5.74, 6) is 2.84. The van der Waals surface area contributed by atoms with Crippen LogP contribution in [0.15, 0.2) is 33.1 Å². The van der Waals surface area contributed by atoms with Crippen LogP contribution in [0.1, 0.15) is 54.5 Å². The van der Waals surface area contributed by atoms with Crippen molar-refractivity contribution in [3.63, 3.8) is 0 Å². The number of carbonyl (C=O) groups is 1. The Labute approximate surface area is 170 Å². The van der Waals surface area contributed by atoms with Crippen LogP contribution in [-0.4, -0.2) is 39.1 Å². The molecule has 1 aliphatic rings. The lowest BCUT2D eigenvalue weighted by molar-refractivity contribution is -0.131. The summed E-state index contributed by atoms with van der Waals surface area (Å²) in [5.41, 5.74) is 2.91. The summed E-state index contributed by atoms with van der Waals surface area (Å²) in [6.07, 6.45) is 2.92. The molecule has 1 fully saturated rings. The van der Waals surface area contributed by atoms with Crippen molar-refractivity contribution in [3.05, 3.63) is 53.1 Å². The number of aryl methyl sites for hydroxylation is 3. The van der Waals surface area contributed by atoms with Crippen LogP contribution in [0, 0.1) is 13.8 Å². The van der Waals surface area contributed by atoms with E-state index in [2.05, 4.69) is 34.2 Å². The Balaban J connectivity index is 1.38. The molecular weight excluding hydrogens is 368 g/mol. The fourth-order valence-electron chi connectivity index (χ4n) is 3.71. The Kier molecular flexibility index (Phi) is 5.47. The third kappa shape index (κ3) is 4.23. The molecule has 0 spiro atoms. The van der Waals surface area contributed by atoms with E-state index in [9.17, 15) is 4.79 Å². The summed E-state index contributed by atoms with van der Waals surface area (Å²) in [6.45, 7) is 7.16. The number of carbonyl (C=O) groups excluding carboxylic acids is 1. The Hall–Kier alpha value is -2.96. The zero-order valence-corrected chi connectivity index (χ0v) is 17.1. The van der Waals surface area contributed by atoms with E-state index in [1.165, 1.54) is 5.56 Å². The number of rotatable bonds is 5. The molecule has 0 atom stereocenters. The summed E-state index contributed by atoms with van der Waals surface area (Å²) in [5, 5.41) is 8.02. The van der Waals surface area contributed by atoms with Gasteiger partial charge in [-0.15, -0.1) is 10.2 Å². The van der Waals surface area contributed by atoms with Gasteiger partial charge in [0.15, 0.2) is 0 Å². The first-order valence-electron chi connectivity index (χ1n) is 10.2. The lowest BCUT2D eigenvalue weighted by atomic mass is 9.96. The van der Waals surface area contributed by atoms with Crippen LogP contribution in [-0.2, 0) is 17.6 Å². The maximum Gasteiger partial charge on any atom is 0.228 e. The molecule has 0 unspecified atom stereocenters. The van der Waals surface area contributed by atoms with Crippen LogP contribution in [0.2, 0.25) is 0 Å². The molecule has 0 bridgehead atoms. The maximum absolute atomic E-state index is 12.8. The van der Waals surface area contributed by atoms with Gasteiger partial charge in [0.25, 0.3) is 0 Å². The first-order valence-corrected chi connectivity index (χ1v) is 10.2. The number of hydrogen-bond donors (Lipinski definition) is 0. The second kappa shape index (κ2) is 8.19. The average Bonchev–Trinajstić information content (AvgIpc) is 3.34. The number of benzene rings is 1. The summed E-state index contributed by atoms with van der Waals surface area (Å²) >= 11 is 0. The SMILES string of the molecule is CCc1ccc(-c2nc(CC(=O)N3CCC(c4nnc(C)o4)CC3)c(C)o2)cc1. The van der Waals surface area contributed by atoms with E-state index in [4.69, 9.17) is 8.83 Å². The highest BCUT2D eigenvalue weighted by Crippen LogP contribution is 2.28. The van der Waals surface area contributed by atoms with Gasteiger partial charge in [-0.3, -0.25) is 4.79 Å². The van der Waals surface area contributed by atoms with Gasteiger partial charge in [-0.25, -0.2) is 4.98 Å². The van der Waals surface area contributed by atoms with Gasteiger partial charge in [0.05, 0.1) is 12.1 Å². The van der Waals surface area contributed by atoms with E-state index in [1.54, 1.807) is 6.92 Å². The van der Waals surface area contributed by atoms with Gasteiger partial charge in [-0.05, 0) is 43.9 Å². The maximum atomic E-state index is 12.8. The molecule has 0 radical (unpaired) electrons. The highest BCUT2D eigenvalue weighted by atomic mass is 16.4. The van der Waals surface area contributed by atoms with Crippen LogP contribution in [0.5, 0.6) is 0 Å². The van der Waals surface area contributed by atoms with E-state index >= 15 is 0 Å². The number of likely N-dealkylation sites (tertiary alicyclic amines) is 1. The Bertz CT molecular complexity index is 982. The van der Waals surface area contributed by atoms with E-state index in [-0.39, 0.29) is 18.2 Å². The van der Waals surface area contributed by atoms with Gasteiger partial charge in [0.1, 0.15) is 5.76 Å². The first kappa shape index (κ1) is 19.4. The predicted octanol–water partition coefficient (Wildman–Crippen LogP) is 3.85. The van der Waals surface area contributed by atoms with Gasteiger partial charge in [-0.1, -0.05) is 19.1 Å². The van der Waals surface area contributed by atoms with Gasteiger partial charge >= 0.3 is 0 Å². The second-order valence-corrected chi connectivity index (χ2v) is 7.56. The molecule has 1 aliphatic heterocycles. The van der Waals surface area contributed by atoms with Crippen molar-refractivity contribution < 1.29 is 13.6 Å². The number of hydrogen-bond acceptors (Lipinski definition) is 6. The van der Waals surface area contributed by atoms with E-state index in [0.717, 1.165) is 24.8 Å². The quantitative estimate of drug-likeness (QED) is 0.653. The number of aromatic nitrogens is 3. The van der Waals surface area contributed by atoms with Crippen molar-refractivity contribution in [2.24, 2.45) is 0 Å². The number of oxazole rings is 1. The van der Waals surface area contributed by atoms with E-state index in [1.807, 2.05) is 24.0 Å². The van der Waals surface area contributed by atoms with Crippen LogP contribution in [0.4, 0.5) is 0 Å². The second-order valence-electron chi connectivity index (χ2n) is 7.56. The topological polar surface area (TPSA) is 85.3 Å². The smallest absolute Gasteiger partial charge is 0.228 e. The lowest BCUT2D eigenvalue weighted by Crippen LogP contribution is -2.39. The molecule has 0 saturated carbocycles. The Morgan fingerprint density at radius 1 is 1.10 bits per heavy atom. The molecule has 3 heterocycles. The van der Waals surface area contributed by atoms with Gasteiger partial charge in [0, 0.05) is 31.5 Å². The summed E-state index contributed by atoms with van der Waals surface area (Å²) in [7, 11) is 0. The Morgan fingerprint density at radius 2 is 1.83 bits per heavy atom. The fourth-order valence-corrected chi connectivity index (χ4v) is 3.71. The van der Waals surface area contributed by atoms with E-state index in [0.29, 0.717) is 42.2 Å². The number of nitrogens with zero attached hydrogens (tertiary/aromatic N) is 4.